The van der Waals surface area contributed by atoms with Crippen molar-refractivity contribution in [3.05, 3.63) is 48.2 Å². The zero-order chi connectivity index (χ0) is 14.0. The lowest BCUT2D eigenvalue weighted by molar-refractivity contribution is 0.0921. The standard InChI is InChI=1S/C12H6Br2ClFO2S/c13-11-4-7(12(14)19-11)10(17)5-18-6-1-2-9(16)8(15)3-6/h1-4H,5H2. The summed E-state index contributed by atoms with van der Waals surface area (Å²) in [5.74, 6) is -0.343. The molecule has 0 aliphatic rings. The molecule has 0 amide bonds. The molecule has 2 nitrogen and oxygen atoms in total. The van der Waals surface area contributed by atoms with Gasteiger partial charge in [-0.05, 0) is 50.1 Å². The maximum Gasteiger partial charge on any atom is 0.202 e. The maximum atomic E-state index is 13.0. The highest BCUT2D eigenvalue weighted by molar-refractivity contribution is 9.12. The fourth-order valence-electron chi connectivity index (χ4n) is 1.32. The molecule has 7 heteroatoms. The Morgan fingerprint density at radius 1 is 1.37 bits per heavy atom. The number of benzene rings is 1. The van der Waals surface area contributed by atoms with Gasteiger partial charge in [-0.2, -0.15) is 0 Å². The van der Waals surface area contributed by atoms with Crippen LogP contribution in [0.15, 0.2) is 31.8 Å². The molecule has 0 aliphatic carbocycles. The predicted molar refractivity (Wildman–Crippen MR) is 81.0 cm³/mol. The molecule has 1 aromatic heterocycles. The van der Waals surface area contributed by atoms with Crippen LogP contribution < -0.4 is 4.74 Å². The summed E-state index contributed by atoms with van der Waals surface area (Å²) in [6.07, 6.45) is 0. The van der Waals surface area contributed by atoms with Crippen molar-refractivity contribution in [1.29, 1.82) is 0 Å². The van der Waals surface area contributed by atoms with Gasteiger partial charge in [-0.3, -0.25) is 4.79 Å². The van der Waals surface area contributed by atoms with Crippen molar-refractivity contribution in [1.82, 2.24) is 0 Å². The van der Waals surface area contributed by atoms with Crippen molar-refractivity contribution in [3.63, 3.8) is 0 Å². The molecule has 0 fully saturated rings. The van der Waals surface area contributed by atoms with Gasteiger partial charge in [-0.25, -0.2) is 4.39 Å². The quantitative estimate of drug-likeness (QED) is 0.616. The van der Waals surface area contributed by atoms with E-state index in [1.165, 1.54) is 29.5 Å². The number of thiophene rings is 1. The second-order valence-corrected chi connectivity index (χ2v) is 7.68. The zero-order valence-corrected chi connectivity index (χ0v) is 14.0. The second-order valence-electron chi connectivity index (χ2n) is 3.53. The first-order chi connectivity index (χ1) is 8.97. The maximum absolute atomic E-state index is 13.0. The molecule has 100 valence electrons. The number of rotatable bonds is 4. The molecule has 0 saturated heterocycles. The largest absolute Gasteiger partial charge is 0.485 e. The highest BCUT2D eigenvalue weighted by Crippen LogP contribution is 2.32. The molecule has 0 N–H and O–H groups in total. The Balaban J connectivity index is 2.04. The van der Waals surface area contributed by atoms with Gasteiger partial charge in [0.25, 0.3) is 0 Å². The molecule has 0 saturated carbocycles. The Morgan fingerprint density at radius 2 is 2.11 bits per heavy atom. The number of halogens is 4. The summed E-state index contributed by atoms with van der Waals surface area (Å²) in [5, 5.41) is -0.0376. The fraction of sp³-hybridized carbons (Fsp3) is 0.0833. The Hall–Kier alpha value is -0.430. The third kappa shape index (κ3) is 3.78. The summed E-state index contributed by atoms with van der Waals surface area (Å²) < 4.78 is 19.8. The third-order valence-electron chi connectivity index (χ3n) is 2.22. The predicted octanol–water partition coefficient (Wildman–Crippen LogP) is 5.33. The van der Waals surface area contributed by atoms with E-state index in [9.17, 15) is 9.18 Å². The van der Waals surface area contributed by atoms with Crippen molar-refractivity contribution in [2.45, 2.75) is 0 Å². The van der Waals surface area contributed by atoms with Gasteiger partial charge in [0.2, 0.25) is 5.78 Å². The van der Waals surface area contributed by atoms with E-state index in [2.05, 4.69) is 31.9 Å². The van der Waals surface area contributed by atoms with Gasteiger partial charge >= 0.3 is 0 Å². The number of ether oxygens (including phenoxy) is 1. The van der Waals surface area contributed by atoms with Crippen LogP contribution in [0.3, 0.4) is 0 Å². The number of carbonyl (C=O) groups is 1. The Bertz CT molecular complexity index is 630. The van der Waals surface area contributed by atoms with E-state index in [1.807, 2.05) is 0 Å². The average Bonchev–Trinajstić information content (AvgIpc) is 2.70. The molecular weight excluding hydrogens is 422 g/mol. The summed E-state index contributed by atoms with van der Waals surface area (Å²) in [6, 6.07) is 5.67. The molecule has 0 spiro atoms. The normalized spacial score (nSPS) is 10.5. The number of ketones is 1. The van der Waals surface area contributed by atoms with E-state index in [1.54, 1.807) is 6.07 Å². The summed E-state index contributed by atoms with van der Waals surface area (Å²) in [7, 11) is 0. The summed E-state index contributed by atoms with van der Waals surface area (Å²) >= 11 is 13.6. The molecule has 0 aliphatic heterocycles. The van der Waals surface area contributed by atoms with Crippen LogP contribution in [0, 0.1) is 5.82 Å². The van der Waals surface area contributed by atoms with Crippen LogP contribution in [-0.4, -0.2) is 12.4 Å². The molecule has 1 heterocycles. The van der Waals surface area contributed by atoms with Crippen LogP contribution in [0.4, 0.5) is 4.39 Å². The summed E-state index contributed by atoms with van der Waals surface area (Å²) in [5.41, 5.74) is 0.546. The minimum atomic E-state index is -0.523. The van der Waals surface area contributed by atoms with Gasteiger partial charge in [-0.15, -0.1) is 11.3 Å². The number of hydrogen-bond acceptors (Lipinski definition) is 3. The van der Waals surface area contributed by atoms with Crippen molar-refractivity contribution >= 4 is 60.6 Å². The van der Waals surface area contributed by atoms with E-state index in [0.717, 1.165) is 7.57 Å². The molecule has 1 aromatic carbocycles. The number of hydrogen-bond donors (Lipinski definition) is 0. The number of carbonyl (C=O) groups excluding carboxylic acids is 1. The smallest absolute Gasteiger partial charge is 0.202 e. The Labute approximate surface area is 134 Å². The van der Waals surface area contributed by atoms with Gasteiger partial charge in [0.05, 0.1) is 12.6 Å². The molecule has 0 unspecified atom stereocenters. The van der Waals surface area contributed by atoms with Gasteiger partial charge in [0, 0.05) is 11.6 Å². The second kappa shape index (κ2) is 6.35. The van der Waals surface area contributed by atoms with E-state index >= 15 is 0 Å². The van der Waals surface area contributed by atoms with Crippen LogP contribution in [0.2, 0.25) is 5.02 Å². The van der Waals surface area contributed by atoms with Crippen LogP contribution in [0.25, 0.3) is 0 Å². The molecule has 2 rings (SSSR count). The van der Waals surface area contributed by atoms with E-state index in [0.29, 0.717) is 11.3 Å². The van der Waals surface area contributed by atoms with Gasteiger partial charge in [-0.1, -0.05) is 11.6 Å². The Kier molecular flexibility index (Phi) is 5.00. The molecule has 2 aromatic rings. The van der Waals surface area contributed by atoms with Crippen molar-refractivity contribution in [3.8, 4) is 5.75 Å². The van der Waals surface area contributed by atoms with E-state index in [-0.39, 0.29) is 17.4 Å². The average molecular weight is 429 g/mol. The minimum absolute atomic E-state index is 0.0376. The van der Waals surface area contributed by atoms with Gasteiger partial charge in [0.1, 0.15) is 11.6 Å². The molecule has 0 bridgehead atoms. The monoisotopic (exact) mass is 426 g/mol. The van der Waals surface area contributed by atoms with Crippen LogP contribution >= 0.6 is 54.8 Å². The van der Waals surface area contributed by atoms with E-state index in [4.69, 9.17) is 16.3 Å². The first kappa shape index (κ1) is 15.0. The van der Waals surface area contributed by atoms with Crippen molar-refractivity contribution in [2.75, 3.05) is 6.61 Å². The topological polar surface area (TPSA) is 26.3 Å². The highest BCUT2D eigenvalue weighted by Gasteiger charge is 2.14. The number of Topliss-reactive ketones (excluding diaryl/α,β-unsaturated/α-hetero) is 1. The summed E-state index contributed by atoms with van der Waals surface area (Å²) in [4.78, 5) is 11.9. The zero-order valence-electron chi connectivity index (χ0n) is 9.25. The molecular formula is C12H6Br2ClFO2S. The van der Waals surface area contributed by atoms with Crippen molar-refractivity contribution in [2.24, 2.45) is 0 Å². The van der Waals surface area contributed by atoms with Crippen LogP contribution in [0.5, 0.6) is 5.75 Å². The Morgan fingerprint density at radius 3 is 2.68 bits per heavy atom. The van der Waals surface area contributed by atoms with Crippen LogP contribution in [-0.2, 0) is 0 Å². The van der Waals surface area contributed by atoms with Crippen molar-refractivity contribution < 1.29 is 13.9 Å². The lowest BCUT2D eigenvalue weighted by Crippen LogP contribution is -2.11. The molecule has 0 radical (unpaired) electrons. The minimum Gasteiger partial charge on any atom is -0.485 e. The highest BCUT2D eigenvalue weighted by atomic mass is 79.9. The van der Waals surface area contributed by atoms with E-state index < -0.39 is 5.82 Å². The summed E-state index contributed by atoms with van der Waals surface area (Å²) in [6.45, 7) is -0.135. The first-order valence-corrected chi connectivity index (χ1v) is 7.81. The third-order valence-corrected chi connectivity index (χ3v) is 4.85. The molecule has 0 atom stereocenters. The van der Waals surface area contributed by atoms with Gasteiger partial charge in [0.15, 0.2) is 6.61 Å². The van der Waals surface area contributed by atoms with Crippen LogP contribution in [0.1, 0.15) is 10.4 Å². The fourth-order valence-corrected chi connectivity index (χ4v) is 4.35. The SMILES string of the molecule is O=C(COc1ccc(F)c(Cl)c1)c1cc(Br)sc1Br. The lowest BCUT2D eigenvalue weighted by atomic mass is 10.2. The first-order valence-electron chi connectivity index (χ1n) is 5.03. The molecule has 19 heavy (non-hydrogen) atoms. The van der Waals surface area contributed by atoms with Gasteiger partial charge < -0.3 is 4.74 Å². The lowest BCUT2D eigenvalue weighted by Gasteiger charge is -2.05.